The lowest BCUT2D eigenvalue weighted by Gasteiger charge is -2.37. The molecule has 34 heavy (non-hydrogen) atoms. The summed E-state index contributed by atoms with van der Waals surface area (Å²) in [6, 6.07) is 8.00. The molecule has 1 aromatic carbocycles. The van der Waals surface area contributed by atoms with E-state index < -0.39 is 22.2 Å². The number of rotatable bonds is 7. The molecule has 184 valence electrons. The minimum atomic E-state index is -3.73. The van der Waals surface area contributed by atoms with Gasteiger partial charge in [-0.2, -0.15) is 4.31 Å². The predicted octanol–water partition coefficient (Wildman–Crippen LogP) is 2.96. The maximum atomic E-state index is 13.4. The second kappa shape index (κ2) is 10.7. The van der Waals surface area contributed by atoms with E-state index in [1.807, 2.05) is 32.9 Å². The summed E-state index contributed by atoms with van der Waals surface area (Å²) < 4.78 is 33.8. The van der Waals surface area contributed by atoms with Crippen LogP contribution in [0.1, 0.15) is 42.3 Å². The van der Waals surface area contributed by atoms with Gasteiger partial charge in [-0.05, 0) is 44.5 Å². The van der Waals surface area contributed by atoms with Gasteiger partial charge in [-0.1, -0.05) is 36.8 Å². The molecule has 0 spiro atoms. The molecule has 1 aliphatic rings. The highest BCUT2D eigenvalue weighted by Crippen LogP contribution is 2.28. The number of allylic oxidation sites excluding steroid dienone is 1. The van der Waals surface area contributed by atoms with E-state index in [4.69, 9.17) is 4.74 Å². The summed E-state index contributed by atoms with van der Waals surface area (Å²) in [7, 11) is -2.21. The number of ether oxygens (including phenoxy) is 1. The van der Waals surface area contributed by atoms with Crippen molar-refractivity contribution in [2.75, 3.05) is 26.7 Å². The van der Waals surface area contributed by atoms with Crippen LogP contribution in [0, 0.1) is 12.8 Å². The van der Waals surface area contributed by atoms with Gasteiger partial charge in [-0.15, -0.1) is 0 Å². The van der Waals surface area contributed by atoms with E-state index >= 15 is 0 Å². The number of aliphatic hydroxyl groups is 1. The highest BCUT2D eigenvalue weighted by molar-refractivity contribution is 7.89. The molecule has 0 fully saturated rings. The fourth-order valence-corrected chi connectivity index (χ4v) is 5.04. The Morgan fingerprint density at radius 3 is 2.62 bits per heavy atom. The Hall–Kier alpha value is -2.75. The fraction of sp³-hybridized carbons (Fsp3) is 0.440. The number of nitrogens with zero attached hydrogens (tertiary/aromatic N) is 3. The molecule has 2 aromatic rings. The summed E-state index contributed by atoms with van der Waals surface area (Å²) in [4.78, 5) is 19.6. The van der Waals surface area contributed by atoms with E-state index in [1.54, 1.807) is 48.4 Å². The number of carbonyl (C=O) groups is 1. The molecule has 1 N–H and O–H groups in total. The smallest absolute Gasteiger partial charge is 0.259 e. The number of amides is 1. The van der Waals surface area contributed by atoms with E-state index in [0.29, 0.717) is 6.54 Å². The first-order chi connectivity index (χ1) is 16.1. The number of carbonyl (C=O) groups excluding carboxylic acids is 1. The first-order valence-corrected chi connectivity index (χ1v) is 12.8. The first kappa shape index (κ1) is 25.9. The van der Waals surface area contributed by atoms with Gasteiger partial charge in [0.15, 0.2) is 0 Å². The Kier molecular flexibility index (Phi) is 8.12. The van der Waals surface area contributed by atoms with E-state index in [1.165, 1.54) is 11.4 Å². The molecular formula is C25H33N3O5S. The van der Waals surface area contributed by atoms with Gasteiger partial charge in [0.1, 0.15) is 11.7 Å². The lowest BCUT2D eigenvalue weighted by molar-refractivity contribution is 0.0373. The Labute approximate surface area is 201 Å². The third-order valence-electron chi connectivity index (χ3n) is 6.07. The van der Waals surface area contributed by atoms with Crippen molar-refractivity contribution in [3.63, 3.8) is 0 Å². The van der Waals surface area contributed by atoms with Gasteiger partial charge >= 0.3 is 0 Å². The lowest BCUT2D eigenvalue weighted by atomic mass is 10.00. The second-order valence-corrected chi connectivity index (χ2v) is 10.9. The van der Waals surface area contributed by atoms with Crippen molar-refractivity contribution < 1.29 is 23.1 Å². The van der Waals surface area contributed by atoms with Gasteiger partial charge < -0.3 is 14.7 Å². The molecule has 0 radical (unpaired) electrons. The normalized spacial score (nSPS) is 20.1. The van der Waals surface area contributed by atoms with Crippen molar-refractivity contribution in [2.45, 2.75) is 44.7 Å². The van der Waals surface area contributed by atoms with Gasteiger partial charge in [-0.25, -0.2) is 13.4 Å². The summed E-state index contributed by atoms with van der Waals surface area (Å²) in [5.41, 5.74) is 2.01. The first-order valence-electron chi connectivity index (χ1n) is 11.3. The zero-order chi connectivity index (χ0) is 25.0. The summed E-state index contributed by atoms with van der Waals surface area (Å²) >= 11 is 0. The molecule has 3 atom stereocenters. The molecule has 0 saturated heterocycles. The number of aromatic nitrogens is 1. The summed E-state index contributed by atoms with van der Waals surface area (Å²) in [5.74, 6) is -0.341. The van der Waals surface area contributed by atoms with Crippen LogP contribution in [0.2, 0.25) is 0 Å². The fourth-order valence-electron chi connectivity index (χ4n) is 3.86. The van der Waals surface area contributed by atoms with Crippen LogP contribution in [-0.4, -0.2) is 72.5 Å². The number of aliphatic hydroxyl groups excluding tert-OH is 1. The number of pyridine rings is 1. The molecule has 1 aliphatic heterocycles. The molecule has 1 amide bonds. The lowest BCUT2D eigenvalue weighted by Crippen LogP contribution is -2.50. The molecule has 0 aliphatic carbocycles. The van der Waals surface area contributed by atoms with Gasteiger partial charge in [-0.3, -0.25) is 4.79 Å². The van der Waals surface area contributed by atoms with Crippen LogP contribution >= 0.6 is 0 Å². The average Bonchev–Trinajstić information content (AvgIpc) is 2.81. The highest BCUT2D eigenvalue weighted by atomic mass is 32.2. The number of hydrogen-bond acceptors (Lipinski definition) is 6. The van der Waals surface area contributed by atoms with Crippen molar-refractivity contribution >= 4 is 22.0 Å². The number of fused-ring (bicyclic) bond motifs is 1. The quantitative estimate of drug-likeness (QED) is 0.645. The standard InChI is InChI=1S/C25H33N3O5S/c1-6-7-20-12-22-24(26-13-20)33-23(18(3)14-28(25(22)30)19(4)16-29)15-27(5)34(31,32)21-10-8-17(2)9-11-21/h6-13,18-19,23,29H,14-16H2,1-5H3/b7-6+/t18-,19+,23+/m0/s1. The van der Waals surface area contributed by atoms with Gasteiger partial charge in [0, 0.05) is 25.7 Å². The van der Waals surface area contributed by atoms with Gasteiger partial charge in [0.2, 0.25) is 15.9 Å². The van der Waals surface area contributed by atoms with Crippen molar-refractivity contribution in [1.29, 1.82) is 0 Å². The Morgan fingerprint density at radius 1 is 1.32 bits per heavy atom. The highest BCUT2D eigenvalue weighted by Gasteiger charge is 2.35. The molecule has 9 heteroatoms. The van der Waals surface area contributed by atoms with Crippen LogP contribution in [0.5, 0.6) is 5.88 Å². The van der Waals surface area contributed by atoms with E-state index in [0.717, 1.165) is 11.1 Å². The number of likely N-dealkylation sites (N-methyl/N-ethyl adjacent to an activating group) is 1. The van der Waals surface area contributed by atoms with E-state index in [-0.39, 0.29) is 41.3 Å². The Bertz CT molecular complexity index is 1150. The number of benzene rings is 1. The SMILES string of the molecule is C/C=C/c1cnc2c(c1)C(=O)N([C@H](C)CO)C[C@H](C)[C@@H](CN(C)S(=O)(=O)c1ccc(C)cc1)O2. The monoisotopic (exact) mass is 487 g/mol. The summed E-state index contributed by atoms with van der Waals surface area (Å²) in [5, 5.41) is 9.76. The van der Waals surface area contributed by atoms with Crippen molar-refractivity contribution in [2.24, 2.45) is 5.92 Å². The third-order valence-corrected chi connectivity index (χ3v) is 7.91. The van der Waals surface area contributed by atoms with E-state index in [2.05, 4.69) is 4.98 Å². The van der Waals surface area contributed by atoms with E-state index in [9.17, 15) is 18.3 Å². The predicted molar refractivity (Wildman–Crippen MR) is 131 cm³/mol. The molecule has 0 bridgehead atoms. The van der Waals surface area contributed by atoms with Crippen LogP contribution in [0.4, 0.5) is 0 Å². The Morgan fingerprint density at radius 2 is 2.00 bits per heavy atom. The van der Waals surface area contributed by atoms with Crippen LogP contribution in [0.3, 0.4) is 0 Å². The molecule has 0 saturated carbocycles. The largest absolute Gasteiger partial charge is 0.472 e. The van der Waals surface area contributed by atoms with Crippen LogP contribution in [0.15, 0.2) is 47.5 Å². The molecule has 3 rings (SSSR count). The zero-order valence-electron chi connectivity index (χ0n) is 20.3. The maximum absolute atomic E-state index is 13.4. The topological polar surface area (TPSA) is 100 Å². The molecule has 1 aromatic heterocycles. The number of sulfonamides is 1. The third kappa shape index (κ3) is 5.48. The number of aryl methyl sites for hydroxylation is 1. The Balaban J connectivity index is 1.97. The second-order valence-electron chi connectivity index (χ2n) is 8.84. The van der Waals surface area contributed by atoms with Crippen LogP contribution in [-0.2, 0) is 10.0 Å². The average molecular weight is 488 g/mol. The van der Waals surface area contributed by atoms with Crippen molar-refractivity contribution in [3.05, 3.63) is 59.3 Å². The molecular weight excluding hydrogens is 454 g/mol. The van der Waals surface area contributed by atoms with Gasteiger partial charge in [0.25, 0.3) is 5.91 Å². The van der Waals surface area contributed by atoms with Gasteiger partial charge in [0.05, 0.1) is 24.1 Å². The zero-order valence-corrected chi connectivity index (χ0v) is 21.1. The van der Waals surface area contributed by atoms with Crippen molar-refractivity contribution in [1.82, 2.24) is 14.2 Å². The molecule has 8 nitrogen and oxygen atoms in total. The maximum Gasteiger partial charge on any atom is 0.259 e. The number of hydrogen-bond donors (Lipinski definition) is 1. The minimum absolute atomic E-state index is 0.0741. The van der Waals surface area contributed by atoms with Crippen molar-refractivity contribution in [3.8, 4) is 5.88 Å². The minimum Gasteiger partial charge on any atom is -0.472 e. The van der Waals surface area contributed by atoms with Crippen LogP contribution in [0.25, 0.3) is 6.08 Å². The summed E-state index contributed by atoms with van der Waals surface area (Å²) in [6.45, 7) is 7.64. The molecule has 0 unspecified atom stereocenters. The summed E-state index contributed by atoms with van der Waals surface area (Å²) in [6.07, 6.45) is 4.73. The van der Waals surface area contributed by atoms with Crippen LogP contribution < -0.4 is 4.74 Å². The molecule has 2 heterocycles.